The molecular formula is C11H11BrN2O2. The zero-order valence-electron chi connectivity index (χ0n) is 8.98. The smallest absolute Gasteiger partial charge is 0.358 e. The minimum Gasteiger partial charge on any atom is -0.458 e. The van der Waals surface area contributed by atoms with Crippen LogP contribution in [0.15, 0.2) is 29.0 Å². The molecule has 0 aliphatic heterocycles. The van der Waals surface area contributed by atoms with Gasteiger partial charge < -0.3 is 4.74 Å². The number of fused-ring (bicyclic) bond motifs is 1. The second kappa shape index (κ2) is 4.25. The number of hydrogen-bond donors (Lipinski definition) is 0. The van der Waals surface area contributed by atoms with Crippen molar-refractivity contribution in [2.75, 3.05) is 0 Å². The summed E-state index contributed by atoms with van der Waals surface area (Å²) in [6.07, 6.45) is 1.52. The second-order valence-corrected chi connectivity index (χ2v) is 4.47. The largest absolute Gasteiger partial charge is 0.458 e. The highest BCUT2D eigenvalue weighted by Gasteiger charge is 2.14. The third-order valence-corrected chi connectivity index (χ3v) is 2.64. The molecular weight excluding hydrogens is 272 g/mol. The molecule has 0 atom stereocenters. The van der Waals surface area contributed by atoms with Gasteiger partial charge in [-0.25, -0.2) is 9.78 Å². The van der Waals surface area contributed by atoms with Crippen molar-refractivity contribution in [2.24, 2.45) is 0 Å². The quantitative estimate of drug-likeness (QED) is 0.628. The molecule has 16 heavy (non-hydrogen) atoms. The van der Waals surface area contributed by atoms with Gasteiger partial charge in [-0.05, 0) is 41.9 Å². The van der Waals surface area contributed by atoms with Crippen LogP contribution < -0.4 is 0 Å². The predicted molar refractivity (Wildman–Crippen MR) is 63.4 cm³/mol. The Morgan fingerprint density at radius 1 is 1.50 bits per heavy atom. The Hall–Kier alpha value is -1.36. The highest BCUT2D eigenvalue weighted by atomic mass is 79.9. The van der Waals surface area contributed by atoms with Crippen molar-refractivity contribution in [3.63, 3.8) is 0 Å². The standard InChI is InChI=1S/C11H11BrN2O2/c1-7(2)16-11(15)8-6-14-9(12)4-3-5-10(14)13-8/h3-7H,1-2H3. The molecule has 0 aliphatic carbocycles. The summed E-state index contributed by atoms with van der Waals surface area (Å²) in [5.41, 5.74) is 1.03. The van der Waals surface area contributed by atoms with E-state index in [1.807, 2.05) is 32.0 Å². The van der Waals surface area contributed by atoms with Gasteiger partial charge >= 0.3 is 5.97 Å². The van der Waals surface area contributed by atoms with Crippen molar-refractivity contribution in [1.82, 2.24) is 9.38 Å². The van der Waals surface area contributed by atoms with Crippen LogP contribution in [0.4, 0.5) is 0 Å². The molecule has 2 aromatic heterocycles. The Balaban J connectivity index is 2.40. The first kappa shape index (κ1) is 11.1. The van der Waals surface area contributed by atoms with Gasteiger partial charge in [-0.1, -0.05) is 6.07 Å². The van der Waals surface area contributed by atoms with Gasteiger partial charge in [0, 0.05) is 6.20 Å². The fourth-order valence-corrected chi connectivity index (χ4v) is 1.79. The summed E-state index contributed by atoms with van der Waals surface area (Å²) in [5.74, 6) is -0.398. The molecule has 0 fully saturated rings. The Morgan fingerprint density at radius 2 is 2.25 bits per heavy atom. The number of pyridine rings is 1. The lowest BCUT2D eigenvalue weighted by Gasteiger charge is -2.04. The van der Waals surface area contributed by atoms with E-state index < -0.39 is 5.97 Å². The first-order chi connectivity index (χ1) is 7.58. The molecule has 0 bridgehead atoms. The van der Waals surface area contributed by atoms with Crippen LogP contribution >= 0.6 is 15.9 Å². The second-order valence-electron chi connectivity index (χ2n) is 3.66. The molecule has 2 aromatic rings. The van der Waals surface area contributed by atoms with Crippen molar-refractivity contribution in [1.29, 1.82) is 0 Å². The molecule has 0 saturated carbocycles. The molecule has 5 heteroatoms. The van der Waals surface area contributed by atoms with Crippen LogP contribution in [0.5, 0.6) is 0 Å². The molecule has 0 spiro atoms. The Labute approximate surface area is 101 Å². The number of esters is 1. The van der Waals surface area contributed by atoms with E-state index in [0.717, 1.165) is 4.60 Å². The molecule has 0 aromatic carbocycles. The Morgan fingerprint density at radius 3 is 2.88 bits per heavy atom. The van der Waals surface area contributed by atoms with Crippen LogP contribution in [0.2, 0.25) is 0 Å². The summed E-state index contributed by atoms with van der Waals surface area (Å²) in [4.78, 5) is 15.8. The van der Waals surface area contributed by atoms with Gasteiger partial charge in [0.1, 0.15) is 5.65 Å². The van der Waals surface area contributed by atoms with E-state index in [-0.39, 0.29) is 6.10 Å². The summed E-state index contributed by atoms with van der Waals surface area (Å²) < 4.78 is 7.71. The van der Waals surface area contributed by atoms with Crippen LogP contribution in [-0.2, 0) is 4.74 Å². The molecule has 0 radical (unpaired) electrons. The van der Waals surface area contributed by atoms with E-state index in [2.05, 4.69) is 20.9 Å². The minimum absolute atomic E-state index is 0.138. The number of rotatable bonds is 2. The zero-order valence-corrected chi connectivity index (χ0v) is 10.6. The van der Waals surface area contributed by atoms with Crippen molar-refractivity contribution < 1.29 is 9.53 Å². The van der Waals surface area contributed by atoms with Crippen molar-refractivity contribution in [3.8, 4) is 0 Å². The molecule has 0 amide bonds. The van der Waals surface area contributed by atoms with Crippen LogP contribution in [0, 0.1) is 0 Å². The number of hydrogen-bond acceptors (Lipinski definition) is 3. The van der Waals surface area contributed by atoms with E-state index >= 15 is 0 Å². The van der Waals surface area contributed by atoms with Gasteiger partial charge in [-0.3, -0.25) is 4.40 Å². The summed E-state index contributed by atoms with van der Waals surface area (Å²) >= 11 is 3.38. The van der Waals surface area contributed by atoms with Gasteiger partial charge in [0.2, 0.25) is 0 Å². The van der Waals surface area contributed by atoms with E-state index in [4.69, 9.17) is 4.74 Å². The molecule has 2 heterocycles. The van der Waals surface area contributed by atoms with Gasteiger partial charge in [0.25, 0.3) is 0 Å². The van der Waals surface area contributed by atoms with E-state index in [0.29, 0.717) is 11.3 Å². The monoisotopic (exact) mass is 282 g/mol. The van der Waals surface area contributed by atoms with Crippen LogP contribution in [-0.4, -0.2) is 21.5 Å². The summed E-state index contributed by atoms with van der Waals surface area (Å²) in [6, 6.07) is 5.58. The molecule has 0 unspecified atom stereocenters. The average molecular weight is 283 g/mol. The van der Waals surface area contributed by atoms with Crippen molar-refractivity contribution >= 4 is 27.5 Å². The van der Waals surface area contributed by atoms with E-state index in [1.165, 1.54) is 0 Å². The molecule has 4 nitrogen and oxygen atoms in total. The minimum atomic E-state index is -0.398. The SMILES string of the molecule is CC(C)OC(=O)c1cn2c(Br)cccc2n1. The number of halogens is 1. The van der Waals surface area contributed by atoms with Crippen molar-refractivity contribution in [3.05, 3.63) is 34.7 Å². The fourth-order valence-electron chi connectivity index (χ4n) is 1.35. The molecule has 84 valence electrons. The molecule has 0 N–H and O–H groups in total. The summed E-state index contributed by atoms with van der Waals surface area (Å²) in [5, 5.41) is 0. The van der Waals surface area contributed by atoms with Gasteiger partial charge in [0.15, 0.2) is 5.69 Å². The topological polar surface area (TPSA) is 43.6 Å². The average Bonchev–Trinajstić information content (AvgIpc) is 2.61. The van der Waals surface area contributed by atoms with Crippen LogP contribution in [0.3, 0.4) is 0 Å². The maximum absolute atomic E-state index is 11.6. The van der Waals surface area contributed by atoms with E-state index in [9.17, 15) is 4.79 Å². The predicted octanol–water partition coefficient (Wildman–Crippen LogP) is 2.66. The van der Waals surface area contributed by atoms with Gasteiger partial charge in [-0.2, -0.15) is 0 Å². The fraction of sp³-hybridized carbons (Fsp3) is 0.273. The normalized spacial score (nSPS) is 11.0. The maximum Gasteiger partial charge on any atom is 0.358 e. The lowest BCUT2D eigenvalue weighted by atomic mass is 10.4. The van der Waals surface area contributed by atoms with Gasteiger partial charge in [0.05, 0.1) is 10.7 Å². The first-order valence-corrected chi connectivity index (χ1v) is 5.72. The Kier molecular flexibility index (Phi) is 2.96. The molecule has 0 saturated heterocycles. The summed E-state index contributed by atoms with van der Waals surface area (Å²) in [7, 11) is 0. The highest BCUT2D eigenvalue weighted by Crippen LogP contribution is 2.14. The number of imidazole rings is 1. The molecule has 2 rings (SSSR count). The van der Waals surface area contributed by atoms with Gasteiger partial charge in [-0.15, -0.1) is 0 Å². The number of aromatic nitrogens is 2. The number of carbonyl (C=O) groups excluding carboxylic acids is 1. The zero-order chi connectivity index (χ0) is 11.7. The first-order valence-electron chi connectivity index (χ1n) is 4.92. The van der Waals surface area contributed by atoms with E-state index in [1.54, 1.807) is 10.6 Å². The Bertz CT molecular complexity index is 534. The lowest BCUT2D eigenvalue weighted by Crippen LogP contribution is -2.11. The molecule has 0 aliphatic rings. The third kappa shape index (κ3) is 2.09. The summed E-state index contributed by atoms with van der Waals surface area (Å²) in [6.45, 7) is 3.62. The highest BCUT2D eigenvalue weighted by molar-refractivity contribution is 9.10. The number of nitrogens with zero attached hydrogens (tertiary/aromatic N) is 2. The number of ether oxygens (including phenoxy) is 1. The third-order valence-electron chi connectivity index (χ3n) is 1.99. The van der Waals surface area contributed by atoms with Crippen molar-refractivity contribution in [2.45, 2.75) is 20.0 Å². The number of carbonyl (C=O) groups is 1. The lowest BCUT2D eigenvalue weighted by molar-refractivity contribution is 0.0371. The van der Waals surface area contributed by atoms with Crippen LogP contribution in [0.1, 0.15) is 24.3 Å². The van der Waals surface area contributed by atoms with Crippen LogP contribution in [0.25, 0.3) is 5.65 Å². The maximum atomic E-state index is 11.6.